The number of hydrogen-bond acceptors (Lipinski definition) is 3. The van der Waals surface area contributed by atoms with Crippen molar-refractivity contribution in [1.29, 1.82) is 0 Å². The Morgan fingerprint density at radius 1 is 1.12 bits per heavy atom. The quantitative estimate of drug-likeness (QED) is 0.122. The normalized spacial score (nSPS) is 30.5. The topological polar surface area (TPSA) is 43.8 Å². The van der Waals surface area contributed by atoms with Gasteiger partial charge in [0.25, 0.3) is 0 Å². The highest BCUT2D eigenvalue weighted by molar-refractivity contribution is 14.2. The summed E-state index contributed by atoms with van der Waals surface area (Å²) >= 11 is 4.19. The van der Waals surface area contributed by atoms with Gasteiger partial charge in [0.05, 0.1) is 12.1 Å². The van der Waals surface area contributed by atoms with Gasteiger partial charge in [-0.15, -0.1) is 21.0 Å². The minimum absolute atomic E-state index is 0.0431. The van der Waals surface area contributed by atoms with Crippen LogP contribution in [-0.2, 0) is 4.57 Å². The first-order valence-corrected chi connectivity index (χ1v) is 15.9. The van der Waals surface area contributed by atoms with Crippen molar-refractivity contribution in [2.45, 2.75) is 25.9 Å². The Labute approximate surface area is 189 Å². The van der Waals surface area contributed by atoms with Gasteiger partial charge in [-0.25, -0.2) is 0 Å². The minimum Gasteiger partial charge on any atom is -0.320 e. The molecular formula is C17H21I2N2O2PS2. The molecule has 2 aliphatic rings. The molecule has 142 valence electrons. The molecule has 1 aliphatic carbocycles. The second-order valence-corrected chi connectivity index (χ2v) is 11.1. The van der Waals surface area contributed by atoms with Crippen molar-refractivity contribution in [2.24, 2.45) is 5.92 Å². The molecule has 0 radical (unpaired) electrons. The van der Waals surface area contributed by atoms with Crippen LogP contribution in [0.2, 0.25) is 0 Å². The Hall–Kier alpha value is 0.530. The van der Waals surface area contributed by atoms with Gasteiger partial charge in [-0.2, -0.15) is 0 Å². The van der Waals surface area contributed by atoms with Crippen LogP contribution in [-0.4, -0.2) is 25.1 Å². The van der Waals surface area contributed by atoms with Crippen LogP contribution in [0.3, 0.4) is 0 Å². The average Bonchev–Trinajstić information content (AvgIpc) is 2.82. The van der Waals surface area contributed by atoms with Crippen molar-refractivity contribution in [3.05, 3.63) is 60.3 Å². The zero-order chi connectivity index (χ0) is 19.7. The molecule has 1 N–H and O–H groups in total. The van der Waals surface area contributed by atoms with Crippen LogP contribution in [0.15, 0.2) is 60.3 Å². The van der Waals surface area contributed by atoms with Crippen LogP contribution < -0.4 is 0 Å². The fraction of sp³-hybridized carbons (Fsp3) is 0.294. The van der Waals surface area contributed by atoms with Gasteiger partial charge in [0, 0.05) is 66.6 Å². The molecule has 4 nitrogen and oxygen atoms in total. The number of nitrogens with zero attached hydrogens (tertiary/aromatic N) is 2. The van der Waals surface area contributed by atoms with Gasteiger partial charge < -0.3 is 4.89 Å². The number of allylic oxidation sites excluding steroid dienone is 6. The van der Waals surface area contributed by atoms with Crippen LogP contribution >= 0.6 is 68.3 Å². The summed E-state index contributed by atoms with van der Waals surface area (Å²) in [6, 6.07) is -0.316. The highest BCUT2D eigenvalue weighted by Crippen LogP contribution is 2.68. The van der Waals surface area contributed by atoms with Crippen molar-refractivity contribution in [3.8, 4) is 12.8 Å². The van der Waals surface area contributed by atoms with E-state index in [0.29, 0.717) is 0 Å². The summed E-state index contributed by atoms with van der Waals surface area (Å²) in [5.41, 5.74) is 1.05. The van der Waals surface area contributed by atoms with E-state index < -0.39 is 7.67 Å². The highest BCUT2D eigenvalue weighted by Gasteiger charge is 2.57. The number of halogens is 2. The maximum Gasteiger partial charge on any atom is 0.364 e. The molecule has 1 aliphatic heterocycles. The lowest BCUT2D eigenvalue weighted by Gasteiger charge is -2.29. The molecule has 0 aromatic rings. The largest absolute Gasteiger partial charge is 0.364 e. The van der Waals surface area contributed by atoms with Crippen LogP contribution in [0.5, 0.6) is 0 Å². The second-order valence-electron chi connectivity index (χ2n) is 5.21. The smallest absolute Gasteiger partial charge is 0.320 e. The zero-order valence-electron chi connectivity index (χ0n) is 14.4. The Balaban J connectivity index is 0.00000163. The first kappa shape index (κ1) is 24.6. The summed E-state index contributed by atoms with van der Waals surface area (Å²) in [4.78, 5) is 10.8. The average molecular weight is 634 g/mol. The Kier molecular flexibility index (Phi) is 11.5. The Morgan fingerprint density at radius 3 is 2.08 bits per heavy atom. The zero-order valence-corrected chi connectivity index (χ0v) is 21.2. The molecule has 0 aromatic heterocycles. The second kappa shape index (κ2) is 12.2. The van der Waals surface area contributed by atoms with E-state index >= 15 is 0 Å². The molecule has 0 bridgehead atoms. The SMILES string of the molecule is C#C.C/C=C\C(=C/C)C1C(C2C=CC=CC=C2)N(SI)P(=O)(O)N1SI. The van der Waals surface area contributed by atoms with Gasteiger partial charge in [0.1, 0.15) is 0 Å². The Morgan fingerprint density at radius 2 is 1.65 bits per heavy atom. The molecule has 1 fully saturated rings. The van der Waals surface area contributed by atoms with E-state index in [1.165, 1.54) is 18.2 Å². The fourth-order valence-electron chi connectivity index (χ4n) is 2.89. The molecule has 0 amide bonds. The van der Waals surface area contributed by atoms with Gasteiger partial charge >= 0.3 is 7.67 Å². The van der Waals surface area contributed by atoms with Gasteiger partial charge in [0.15, 0.2) is 0 Å². The molecule has 2 rings (SSSR count). The van der Waals surface area contributed by atoms with Gasteiger partial charge in [0.2, 0.25) is 0 Å². The monoisotopic (exact) mass is 634 g/mol. The fourth-order valence-corrected chi connectivity index (χ4v) is 11.9. The summed E-state index contributed by atoms with van der Waals surface area (Å²) in [7, 11) is -1.02. The number of rotatable bonds is 5. The van der Waals surface area contributed by atoms with Gasteiger partial charge in [-0.1, -0.05) is 54.7 Å². The van der Waals surface area contributed by atoms with Crippen LogP contribution in [0, 0.1) is 18.8 Å². The van der Waals surface area contributed by atoms with Gasteiger partial charge in [-0.3, -0.25) is 4.57 Å². The first-order chi connectivity index (χ1) is 12.5. The van der Waals surface area contributed by atoms with E-state index in [1.807, 2.05) is 56.4 Å². The molecule has 0 spiro atoms. The van der Waals surface area contributed by atoms with Gasteiger partial charge in [-0.05, 0) is 19.4 Å². The van der Waals surface area contributed by atoms with E-state index in [1.54, 1.807) is 8.15 Å². The predicted octanol–water partition coefficient (Wildman–Crippen LogP) is 6.51. The maximum atomic E-state index is 13.2. The Bertz CT molecular complexity index is 675. The molecule has 26 heavy (non-hydrogen) atoms. The molecule has 1 saturated heterocycles. The molecule has 3 atom stereocenters. The minimum atomic E-state index is -3.63. The van der Waals surface area contributed by atoms with Crippen molar-refractivity contribution >= 4 is 68.3 Å². The lowest BCUT2D eigenvalue weighted by Crippen LogP contribution is -2.39. The maximum absolute atomic E-state index is 13.2. The molecule has 3 unspecified atom stereocenters. The van der Waals surface area contributed by atoms with Crippen LogP contribution in [0.1, 0.15) is 13.8 Å². The highest BCUT2D eigenvalue weighted by atomic mass is 127. The lowest BCUT2D eigenvalue weighted by atomic mass is 9.89. The van der Waals surface area contributed by atoms with Crippen LogP contribution in [0.4, 0.5) is 0 Å². The first-order valence-electron chi connectivity index (χ1n) is 7.66. The van der Waals surface area contributed by atoms with Crippen molar-refractivity contribution in [3.63, 3.8) is 0 Å². The summed E-state index contributed by atoms with van der Waals surface area (Å²) in [5.74, 6) is 0.0431. The van der Waals surface area contributed by atoms with E-state index in [4.69, 9.17) is 0 Å². The predicted molar refractivity (Wildman–Crippen MR) is 134 cm³/mol. The molecule has 1 heterocycles. The van der Waals surface area contributed by atoms with Crippen molar-refractivity contribution in [1.82, 2.24) is 8.15 Å². The molecule has 0 saturated carbocycles. The van der Waals surface area contributed by atoms with E-state index in [-0.39, 0.29) is 18.0 Å². The van der Waals surface area contributed by atoms with Crippen LogP contribution in [0.25, 0.3) is 0 Å². The molecular weight excluding hydrogens is 613 g/mol. The summed E-state index contributed by atoms with van der Waals surface area (Å²) in [6.45, 7) is 3.94. The van der Waals surface area contributed by atoms with Crippen molar-refractivity contribution in [2.75, 3.05) is 0 Å². The van der Waals surface area contributed by atoms with E-state index in [2.05, 4.69) is 67.4 Å². The third-order valence-corrected chi connectivity index (χ3v) is 12.4. The van der Waals surface area contributed by atoms with E-state index in [9.17, 15) is 9.46 Å². The third-order valence-electron chi connectivity index (χ3n) is 3.90. The lowest BCUT2D eigenvalue weighted by molar-refractivity contribution is 0.385. The summed E-state index contributed by atoms with van der Waals surface area (Å²) in [6.07, 6.45) is 26.2. The van der Waals surface area contributed by atoms with E-state index in [0.717, 1.165) is 5.57 Å². The number of terminal acetylenes is 1. The third kappa shape index (κ3) is 5.32. The molecule has 9 heteroatoms. The summed E-state index contributed by atoms with van der Waals surface area (Å²) < 4.78 is 16.5. The standard InChI is InChI=1S/C15H19I2N2O2PS2.C2H2/c1-3-9-12(4-2)14-15(13-10-7-5-6-8-11-13)19(24-17)22(20,21)18(14)23-16;1-2/h3-11,13-15H,1-2H3,(H,20,21);1-2H/b9-3-,12-4+;. The molecule has 0 aromatic carbocycles. The summed E-state index contributed by atoms with van der Waals surface area (Å²) in [5, 5.41) is 0. The van der Waals surface area contributed by atoms with Crippen molar-refractivity contribution < 1.29 is 9.46 Å². The number of hydrogen-bond donors (Lipinski definition) is 1.